The summed E-state index contributed by atoms with van der Waals surface area (Å²) in [5.41, 5.74) is 0. The minimum Gasteiger partial charge on any atom is -0.396 e. The number of rotatable bonds is 7. The third-order valence-corrected chi connectivity index (χ3v) is 2.58. The van der Waals surface area contributed by atoms with E-state index in [1.54, 1.807) is 0 Å². The lowest BCUT2D eigenvalue weighted by Crippen LogP contribution is -2.55. The van der Waals surface area contributed by atoms with E-state index in [0.29, 0.717) is 0 Å². The van der Waals surface area contributed by atoms with Gasteiger partial charge in [-0.2, -0.15) is 39.5 Å². The van der Waals surface area contributed by atoms with Gasteiger partial charge in [0, 0.05) is 5.75 Å². The molecule has 0 aliphatic carbocycles. The van der Waals surface area contributed by atoms with Crippen molar-refractivity contribution >= 4 is 11.8 Å². The van der Waals surface area contributed by atoms with Gasteiger partial charge in [-0.1, -0.05) is 11.8 Å². The maximum atomic E-state index is 12.7. The van der Waals surface area contributed by atoms with Crippen LogP contribution < -0.4 is 0 Å². The first-order valence-electron chi connectivity index (χ1n) is 4.46. The van der Waals surface area contributed by atoms with Gasteiger partial charge in [0.05, 0.1) is 6.61 Å². The third kappa shape index (κ3) is 4.28. The van der Waals surface area contributed by atoms with Gasteiger partial charge in [0.2, 0.25) is 0 Å². The van der Waals surface area contributed by atoms with E-state index in [9.17, 15) is 43.9 Å². The monoisotopic (exact) mass is 344 g/mol. The second kappa shape index (κ2) is 6.13. The second-order valence-electron chi connectivity index (χ2n) is 3.16. The summed E-state index contributed by atoms with van der Waals surface area (Å²) in [5.74, 6) is -7.75. The Morgan fingerprint density at radius 3 is 1.75 bits per heavy atom. The van der Waals surface area contributed by atoms with E-state index in [1.807, 2.05) is 0 Å². The molecule has 1 N–H and O–H groups in total. The molecule has 122 valence electrons. The van der Waals surface area contributed by atoms with Crippen LogP contribution >= 0.6 is 11.8 Å². The Hall–Kier alpha value is -0.430. The van der Waals surface area contributed by atoms with Crippen LogP contribution in [0.1, 0.15) is 0 Å². The topological polar surface area (TPSA) is 29.5 Å². The number of hydrogen-bond acceptors (Lipinski definition) is 3. The van der Waals surface area contributed by atoms with Crippen LogP contribution in [0, 0.1) is 0 Å². The Bertz CT molecular complexity index is 317. The zero-order valence-corrected chi connectivity index (χ0v) is 9.85. The maximum Gasteiger partial charge on any atom is 0.462 e. The summed E-state index contributed by atoms with van der Waals surface area (Å²) < 4.78 is 125. The molecule has 0 aliphatic rings. The summed E-state index contributed by atoms with van der Waals surface area (Å²) in [6.45, 7) is -0.942. The van der Waals surface area contributed by atoms with Gasteiger partial charge in [-0.15, -0.1) is 0 Å². The lowest BCUT2D eigenvalue weighted by molar-refractivity contribution is -0.446. The summed E-state index contributed by atoms with van der Waals surface area (Å²) >= 11 is -0.797. The molecular formula is C7H6F10O2S. The van der Waals surface area contributed by atoms with Crippen LogP contribution in [0.3, 0.4) is 0 Å². The van der Waals surface area contributed by atoms with E-state index >= 15 is 0 Å². The van der Waals surface area contributed by atoms with Gasteiger partial charge in [0.1, 0.15) is 0 Å². The van der Waals surface area contributed by atoms with Gasteiger partial charge < -0.3 is 5.11 Å². The number of halogens is 10. The molecule has 0 aromatic heterocycles. The molecule has 0 bridgehead atoms. The first-order chi connectivity index (χ1) is 8.69. The highest BCUT2D eigenvalue weighted by atomic mass is 32.2. The van der Waals surface area contributed by atoms with Gasteiger partial charge >= 0.3 is 23.5 Å². The molecule has 2 nitrogen and oxygen atoms in total. The van der Waals surface area contributed by atoms with Crippen molar-refractivity contribution in [1.29, 1.82) is 0 Å². The van der Waals surface area contributed by atoms with E-state index in [2.05, 4.69) is 4.74 Å². The van der Waals surface area contributed by atoms with Crippen molar-refractivity contribution in [2.24, 2.45) is 0 Å². The van der Waals surface area contributed by atoms with Crippen LogP contribution in [0.15, 0.2) is 0 Å². The molecule has 0 spiro atoms. The molecule has 13 heteroatoms. The van der Waals surface area contributed by atoms with Crippen LogP contribution in [-0.2, 0) is 4.74 Å². The van der Waals surface area contributed by atoms with Crippen molar-refractivity contribution in [3.63, 3.8) is 0 Å². The second-order valence-corrected chi connectivity index (χ2v) is 4.40. The number of aliphatic hydroxyl groups excluding tert-OH is 1. The van der Waals surface area contributed by atoms with E-state index < -0.39 is 53.9 Å². The van der Waals surface area contributed by atoms with Crippen molar-refractivity contribution in [3.8, 4) is 0 Å². The van der Waals surface area contributed by atoms with Crippen molar-refractivity contribution < 1.29 is 53.7 Å². The molecule has 1 unspecified atom stereocenters. The smallest absolute Gasteiger partial charge is 0.396 e. The van der Waals surface area contributed by atoms with Crippen LogP contribution in [0.2, 0.25) is 0 Å². The highest BCUT2D eigenvalue weighted by molar-refractivity contribution is 8.00. The molecule has 0 saturated heterocycles. The third-order valence-electron chi connectivity index (χ3n) is 1.62. The summed E-state index contributed by atoms with van der Waals surface area (Å²) in [5, 5.41) is 3.29. The molecule has 0 aromatic carbocycles. The minimum absolute atomic E-state index is 0.797. The Morgan fingerprint density at radius 1 is 0.950 bits per heavy atom. The molecule has 20 heavy (non-hydrogen) atoms. The molecular weight excluding hydrogens is 338 g/mol. The average Bonchev–Trinajstić information content (AvgIpc) is 2.23. The highest BCUT2D eigenvalue weighted by Crippen LogP contribution is 2.49. The van der Waals surface area contributed by atoms with Gasteiger partial charge in [0.15, 0.2) is 0 Å². The zero-order chi connectivity index (χ0) is 16.4. The predicted molar refractivity (Wildman–Crippen MR) is 46.4 cm³/mol. The molecule has 0 heterocycles. The fraction of sp³-hybridized carbons (Fsp3) is 1.00. The Kier molecular flexibility index (Phi) is 6.00. The first-order valence-corrected chi connectivity index (χ1v) is 5.44. The van der Waals surface area contributed by atoms with Gasteiger partial charge in [-0.25, -0.2) is 4.39 Å². The van der Waals surface area contributed by atoms with Crippen LogP contribution in [0.25, 0.3) is 0 Å². The Balaban J connectivity index is 5.01. The van der Waals surface area contributed by atoms with E-state index in [-0.39, 0.29) is 0 Å². The largest absolute Gasteiger partial charge is 0.462 e. The molecule has 0 saturated carbocycles. The SMILES string of the molecule is OCCSC(F)(F)C(F)OC(F)(F)C(F)(F)C(F)(F)F. The van der Waals surface area contributed by atoms with Crippen LogP contribution in [0.4, 0.5) is 43.9 Å². The summed E-state index contributed by atoms with van der Waals surface area (Å²) in [6.07, 6.45) is -17.8. The molecule has 1 atom stereocenters. The standard InChI is InChI=1S/C7H6F10O2S/c8-3(4(9,10)20-2-1-18)19-7(16,17)5(11,12)6(13,14)15/h3,18H,1-2H2. The summed E-state index contributed by atoms with van der Waals surface area (Å²) in [7, 11) is 0. The van der Waals surface area contributed by atoms with Crippen molar-refractivity contribution in [3.05, 3.63) is 0 Å². The highest BCUT2D eigenvalue weighted by Gasteiger charge is 2.75. The Morgan fingerprint density at radius 2 is 1.40 bits per heavy atom. The lowest BCUT2D eigenvalue weighted by atomic mass is 10.3. The van der Waals surface area contributed by atoms with Crippen LogP contribution in [0.5, 0.6) is 0 Å². The average molecular weight is 344 g/mol. The molecule has 0 amide bonds. The van der Waals surface area contributed by atoms with Crippen molar-refractivity contribution in [2.75, 3.05) is 12.4 Å². The van der Waals surface area contributed by atoms with E-state index in [4.69, 9.17) is 5.11 Å². The normalized spacial score (nSPS) is 16.4. The first kappa shape index (κ1) is 19.6. The molecule has 0 rings (SSSR count). The lowest BCUT2D eigenvalue weighted by Gasteiger charge is -2.30. The Labute approximate surface area is 109 Å². The molecule has 0 aromatic rings. The maximum absolute atomic E-state index is 12.7. The zero-order valence-electron chi connectivity index (χ0n) is 9.03. The fourth-order valence-electron chi connectivity index (χ4n) is 0.685. The van der Waals surface area contributed by atoms with Crippen molar-refractivity contribution in [1.82, 2.24) is 0 Å². The van der Waals surface area contributed by atoms with Gasteiger partial charge in [-0.05, 0) is 0 Å². The van der Waals surface area contributed by atoms with Gasteiger partial charge in [0.25, 0.3) is 6.36 Å². The number of thioether (sulfide) groups is 1. The summed E-state index contributed by atoms with van der Waals surface area (Å²) in [4.78, 5) is 0. The van der Waals surface area contributed by atoms with Crippen molar-refractivity contribution in [2.45, 2.75) is 29.8 Å². The summed E-state index contributed by atoms with van der Waals surface area (Å²) in [6, 6.07) is 0. The van der Waals surface area contributed by atoms with E-state index in [0.717, 1.165) is 0 Å². The predicted octanol–water partition coefficient (Wildman–Crippen LogP) is 3.41. The molecule has 0 aliphatic heterocycles. The fourth-order valence-corrected chi connectivity index (χ4v) is 1.23. The van der Waals surface area contributed by atoms with E-state index in [1.165, 1.54) is 0 Å². The number of hydrogen-bond donors (Lipinski definition) is 1. The number of aliphatic hydroxyl groups is 1. The minimum atomic E-state index is -6.86. The molecule has 0 fully saturated rings. The quantitative estimate of drug-likeness (QED) is 0.718. The molecule has 0 radical (unpaired) electrons. The number of alkyl halides is 10. The number of ether oxygens (including phenoxy) is 1. The van der Waals surface area contributed by atoms with Gasteiger partial charge in [-0.3, -0.25) is 4.74 Å². The van der Waals surface area contributed by atoms with Crippen LogP contribution in [-0.4, -0.2) is 47.3 Å².